The van der Waals surface area contributed by atoms with E-state index in [-0.39, 0.29) is 11.5 Å². The lowest BCUT2D eigenvalue weighted by atomic mass is 10.2. The summed E-state index contributed by atoms with van der Waals surface area (Å²) in [4.78, 5) is 3.04. The van der Waals surface area contributed by atoms with Crippen LogP contribution in [0.15, 0.2) is 53.6 Å². The van der Waals surface area contributed by atoms with E-state index in [2.05, 4.69) is 15.6 Å². The molecule has 0 unspecified atom stereocenters. The Morgan fingerprint density at radius 1 is 1.25 bits per heavy atom. The lowest BCUT2D eigenvalue weighted by Crippen LogP contribution is -2.13. The van der Waals surface area contributed by atoms with Gasteiger partial charge in [-0.3, -0.25) is 4.72 Å². The molecule has 0 saturated carbocycles. The van der Waals surface area contributed by atoms with Gasteiger partial charge in [-0.15, -0.1) is 6.42 Å². The Morgan fingerprint density at radius 2 is 2.04 bits per heavy atom. The second-order valence-electron chi connectivity index (χ2n) is 4.94. The number of nitrogens with one attached hydrogen (secondary N) is 2. The number of aromatic amines is 1. The van der Waals surface area contributed by atoms with Gasteiger partial charge in [-0.05, 0) is 18.2 Å². The van der Waals surface area contributed by atoms with Gasteiger partial charge in [-0.1, -0.05) is 35.7 Å². The van der Waals surface area contributed by atoms with Crippen molar-refractivity contribution in [3.05, 3.63) is 53.7 Å². The van der Waals surface area contributed by atoms with E-state index < -0.39 is 10.0 Å². The maximum absolute atomic E-state index is 12.6. The molecule has 7 heteroatoms. The van der Waals surface area contributed by atoms with Crippen LogP contribution in [0.2, 0.25) is 5.02 Å². The molecule has 0 aliphatic heterocycles. The number of hydrogen-bond donors (Lipinski definition) is 2. The third-order valence-electron chi connectivity index (χ3n) is 3.35. The van der Waals surface area contributed by atoms with Crippen LogP contribution in [0.5, 0.6) is 5.75 Å². The third-order valence-corrected chi connectivity index (χ3v) is 5.02. The average molecular weight is 361 g/mol. The highest BCUT2D eigenvalue weighted by Gasteiger charge is 2.17. The number of H-pyrrole nitrogens is 1. The summed E-state index contributed by atoms with van der Waals surface area (Å²) in [5.41, 5.74) is 1.03. The number of anilines is 1. The first-order chi connectivity index (χ1) is 11.5. The van der Waals surface area contributed by atoms with Crippen molar-refractivity contribution in [3.63, 3.8) is 0 Å². The van der Waals surface area contributed by atoms with E-state index in [1.165, 1.54) is 12.1 Å². The molecule has 5 nitrogen and oxygen atoms in total. The topological polar surface area (TPSA) is 71.2 Å². The predicted molar refractivity (Wildman–Crippen MR) is 94.9 cm³/mol. The molecule has 0 atom stereocenters. The molecule has 0 bridgehead atoms. The summed E-state index contributed by atoms with van der Waals surface area (Å²) in [6.45, 7) is 0.0667. The van der Waals surface area contributed by atoms with Crippen molar-refractivity contribution in [2.45, 2.75) is 4.90 Å². The van der Waals surface area contributed by atoms with Crippen LogP contribution in [-0.4, -0.2) is 20.0 Å². The number of para-hydroxylation sites is 1. The first-order valence-corrected chi connectivity index (χ1v) is 8.82. The van der Waals surface area contributed by atoms with Crippen LogP contribution < -0.4 is 9.46 Å². The highest BCUT2D eigenvalue weighted by molar-refractivity contribution is 7.92. The second kappa shape index (κ2) is 6.48. The van der Waals surface area contributed by atoms with Gasteiger partial charge in [0, 0.05) is 17.6 Å². The number of rotatable bonds is 5. The van der Waals surface area contributed by atoms with E-state index in [1.807, 2.05) is 0 Å². The maximum Gasteiger partial charge on any atom is 0.262 e. The first kappa shape index (κ1) is 16.2. The molecule has 0 aliphatic rings. The molecule has 122 valence electrons. The molecular weight excluding hydrogens is 348 g/mol. The Labute approximate surface area is 144 Å². The Morgan fingerprint density at radius 3 is 2.83 bits per heavy atom. The average Bonchev–Trinajstić information content (AvgIpc) is 2.95. The largest absolute Gasteiger partial charge is 0.481 e. The Balaban J connectivity index is 1.95. The number of benzene rings is 2. The Kier molecular flexibility index (Phi) is 4.38. The van der Waals surface area contributed by atoms with Crippen LogP contribution in [0, 0.1) is 12.3 Å². The molecule has 24 heavy (non-hydrogen) atoms. The summed E-state index contributed by atoms with van der Waals surface area (Å²) in [5, 5.41) is 1.26. The van der Waals surface area contributed by atoms with Gasteiger partial charge in [0.2, 0.25) is 0 Å². The Hall–Kier alpha value is -2.62. The van der Waals surface area contributed by atoms with Gasteiger partial charge >= 0.3 is 0 Å². The summed E-state index contributed by atoms with van der Waals surface area (Å²) in [6.07, 6.45) is 6.75. The molecule has 0 radical (unpaired) electrons. The monoisotopic (exact) mass is 360 g/mol. The first-order valence-electron chi connectivity index (χ1n) is 6.96. The van der Waals surface area contributed by atoms with Gasteiger partial charge in [-0.2, -0.15) is 0 Å². The molecule has 0 aliphatic carbocycles. The van der Waals surface area contributed by atoms with E-state index >= 15 is 0 Å². The molecular formula is C17H13ClN2O3S. The van der Waals surface area contributed by atoms with Crippen LogP contribution >= 0.6 is 11.6 Å². The molecule has 1 aromatic heterocycles. The number of sulfonamides is 1. The minimum atomic E-state index is -3.79. The Bertz CT molecular complexity index is 1040. The van der Waals surface area contributed by atoms with E-state index in [4.69, 9.17) is 22.8 Å². The van der Waals surface area contributed by atoms with Gasteiger partial charge in [0.05, 0.1) is 21.1 Å². The van der Waals surface area contributed by atoms with Crippen LogP contribution in [0.3, 0.4) is 0 Å². The van der Waals surface area contributed by atoms with Crippen molar-refractivity contribution in [1.82, 2.24) is 4.98 Å². The van der Waals surface area contributed by atoms with Crippen molar-refractivity contribution in [2.24, 2.45) is 0 Å². The molecule has 3 rings (SSSR count). The molecule has 0 saturated heterocycles. The van der Waals surface area contributed by atoms with Crippen molar-refractivity contribution in [2.75, 3.05) is 11.3 Å². The van der Waals surface area contributed by atoms with Crippen LogP contribution in [0.4, 0.5) is 5.69 Å². The molecule has 0 fully saturated rings. The van der Waals surface area contributed by atoms with Gasteiger partial charge in [0.1, 0.15) is 12.4 Å². The van der Waals surface area contributed by atoms with E-state index in [0.29, 0.717) is 22.0 Å². The van der Waals surface area contributed by atoms with E-state index in [1.54, 1.807) is 36.5 Å². The lowest BCUT2D eigenvalue weighted by Gasteiger charge is -2.10. The van der Waals surface area contributed by atoms with Gasteiger partial charge in [0.15, 0.2) is 0 Å². The predicted octanol–water partition coefficient (Wildman–Crippen LogP) is 3.63. The van der Waals surface area contributed by atoms with Gasteiger partial charge < -0.3 is 9.72 Å². The number of hydrogen-bond acceptors (Lipinski definition) is 3. The summed E-state index contributed by atoms with van der Waals surface area (Å²) in [6, 6.07) is 11.3. The zero-order valence-electron chi connectivity index (χ0n) is 12.4. The third kappa shape index (κ3) is 3.18. The number of ether oxygens (including phenoxy) is 1. The summed E-state index contributed by atoms with van der Waals surface area (Å²) >= 11 is 6.06. The highest BCUT2D eigenvalue weighted by atomic mass is 35.5. The minimum Gasteiger partial charge on any atom is -0.481 e. The summed E-state index contributed by atoms with van der Waals surface area (Å²) in [5.74, 6) is 2.72. The SMILES string of the molecule is C#CCOc1cccc(S(=O)(=O)Nc2cccc3c(Cl)c[nH]c23)c1. The van der Waals surface area contributed by atoms with Crippen molar-refractivity contribution >= 4 is 38.2 Å². The minimum absolute atomic E-state index is 0.0667. The molecule has 0 spiro atoms. The number of aromatic nitrogens is 1. The number of fused-ring (bicyclic) bond motifs is 1. The summed E-state index contributed by atoms with van der Waals surface area (Å²) in [7, 11) is -3.79. The zero-order chi connectivity index (χ0) is 17.2. The quantitative estimate of drug-likeness (QED) is 0.682. The highest BCUT2D eigenvalue weighted by Crippen LogP contribution is 2.30. The van der Waals surface area contributed by atoms with Gasteiger partial charge in [0.25, 0.3) is 10.0 Å². The lowest BCUT2D eigenvalue weighted by molar-refractivity contribution is 0.369. The normalized spacial score (nSPS) is 11.2. The molecule has 3 aromatic rings. The molecule has 2 aromatic carbocycles. The van der Waals surface area contributed by atoms with Gasteiger partial charge in [-0.25, -0.2) is 8.42 Å². The second-order valence-corrected chi connectivity index (χ2v) is 7.03. The van der Waals surface area contributed by atoms with E-state index in [9.17, 15) is 8.42 Å². The standard InChI is InChI=1S/C17H13ClN2O3S/c1-2-9-23-12-5-3-6-13(10-12)24(21,22)20-16-8-4-7-14-15(18)11-19-17(14)16/h1,3-8,10-11,19-20H,9H2. The fraction of sp³-hybridized carbons (Fsp3) is 0.0588. The molecule has 0 amide bonds. The summed E-state index contributed by atoms with van der Waals surface area (Å²) < 4.78 is 33.1. The molecule has 1 heterocycles. The zero-order valence-corrected chi connectivity index (χ0v) is 14.0. The smallest absolute Gasteiger partial charge is 0.262 e. The van der Waals surface area contributed by atoms with Crippen LogP contribution in [-0.2, 0) is 10.0 Å². The van der Waals surface area contributed by atoms with Crippen molar-refractivity contribution in [1.29, 1.82) is 0 Å². The maximum atomic E-state index is 12.6. The van der Waals surface area contributed by atoms with Crippen molar-refractivity contribution < 1.29 is 13.2 Å². The molecule has 2 N–H and O–H groups in total. The van der Waals surface area contributed by atoms with Crippen LogP contribution in [0.25, 0.3) is 10.9 Å². The fourth-order valence-corrected chi connectivity index (χ4v) is 3.58. The number of terminal acetylenes is 1. The van der Waals surface area contributed by atoms with Crippen molar-refractivity contribution in [3.8, 4) is 18.1 Å². The fourth-order valence-electron chi connectivity index (χ4n) is 2.27. The van der Waals surface area contributed by atoms with E-state index in [0.717, 1.165) is 5.39 Å². The number of halogens is 1. The van der Waals surface area contributed by atoms with Crippen LogP contribution in [0.1, 0.15) is 0 Å².